The van der Waals surface area contributed by atoms with E-state index in [0.717, 1.165) is 17.0 Å². The van der Waals surface area contributed by atoms with Crippen molar-refractivity contribution in [2.75, 3.05) is 5.32 Å². The summed E-state index contributed by atoms with van der Waals surface area (Å²) in [6.07, 6.45) is 2.93. The largest absolute Gasteiger partial charge is 0.322 e. The van der Waals surface area contributed by atoms with E-state index in [4.69, 9.17) is 0 Å². The molecule has 0 atom stereocenters. The Balaban J connectivity index is 1.60. The van der Waals surface area contributed by atoms with Crippen LogP contribution in [-0.4, -0.2) is 10.8 Å². The molecule has 3 aromatic carbocycles. The van der Waals surface area contributed by atoms with Crippen molar-refractivity contribution in [3.63, 3.8) is 0 Å². The molecule has 0 aliphatic heterocycles. The predicted molar refractivity (Wildman–Crippen MR) is 118 cm³/mol. The van der Waals surface area contributed by atoms with Gasteiger partial charge in [-0.1, -0.05) is 42.5 Å². The molecule has 0 fully saturated rings. The van der Waals surface area contributed by atoms with Crippen molar-refractivity contribution < 1.29 is 9.72 Å². The van der Waals surface area contributed by atoms with Gasteiger partial charge in [0.1, 0.15) is 0 Å². The summed E-state index contributed by atoms with van der Waals surface area (Å²) in [5.41, 5.74) is 3.49. The van der Waals surface area contributed by atoms with Crippen molar-refractivity contribution in [3.8, 4) is 0 Å². The summed E-state index contributed by atoms with van der Waals surface area (Å²) in [4.78, 5) is 23.8. The number of aryl methyl sites for hydroxylation is 1. The van der Waals surface area contributed by atoms with Crippen LogP contribution in [0.3, 0.4) is 0 Å². The number of nitro benzene ring substituents is 1. The second-order valence-corrected chi connectivity index (χ2v) is 7.47. The van der Waals surface area contributed by atoms with Gasteiger partial charge in [-0.15, -0.1) is 11.8 Å². The van der Waals surface area contributed by atoms with Crippen LogP contribution in [0.2, 0.25) is 0 Å². The number of nitrogens with zero attached hydrogens (tertiary/aromatic N) is 1. The molecule has 146 valence electrons. The number of nitro groups is 1. The van der Waals surface area contributed by atoms with Crippen LogP contribution < -0.4 is 5.32 Å². The molecule has 0 aliphatic carbocycles. The number of benzene rings is 3. The lowest BCUT2D eigenvalue weighted by Gasteiger charge is -2.09. The molecule has 29 heavy (non-hydrogen) atoms. The van der Waals surface area contributed by atoms with E-state index in [2.05, 4.69) is 23.5 Å². The van der Waals surface area contributed by atoms with E-state index in [1.807, 2.05) is 37.3 Å². The molecule has 0 saturated carbocycles. The highest BCUT2D eigenvalue weighted by Crippen LogP contribution is 2.25. The maximum absolute atomic E-state index is 12.2. The molecule has 6 heteroatoms. The first-order chi connectivity index (χ1) is 14.0. The smallest absolute Gasteiger partial charge is 0.270 e. The Morgan fingerprint density at radius 1 is 1.07 bits per heavy atom. The number of anilines is 1. The highest BCUT2D eigenvalue weighted by atomic mass is 32.2. The molecule has 1 N–H and O–H groups in total. The lowest BCUT2D eigenvalue weighted by atomic mass is 10.1. The van der Waals surface area contributed by atoms with Crippen molar-refractivity contribution in [3.05, 3.63) is 106 Å². The van der Waals surface area contributed by atoms with Crippen LogP contribution in [0.5, 0.6) is 0 Å². The van der Waals surface area contributed by atoms with Gasteiger partial charge in [-0.05, 0) is 47.9 Å². The normalized spacial score (nSPS) is 10.8. The molecule has 0 aromatic heterocycles. The number of hydrogen-bond acceptors (Lipinski definition) is 4. The summed E-state index contributed by atoms with van der Waals surface area (Å²) < 4.78 is 0. The minimum Gasteiger partial charge on any atom is -0.322 e. The monoisotopic (exact) mass is 404 g/mol. The van der Waals surface area contributed by atoms with Gasteiger partial charge in [-0.2, -0.15) is 0 Å². The van der Waals surface area contributed by atoms with Gasteiger partial charge >= 0.3 is 0 Å². The minimum atomic E-state index is -0.460. The van der Waals surface area contributed by atoms with E-state index in [1.54, 1.807) is 30.0 Å². The highest BCUT2D eigenvalue weighted by molar-refractivity contribution is 7.98. The molecule has 0 spiro atoms. The van der Waals surface area contributed by atoms with E-state index in [1.165, 1.54) is 28.7 Å². The number of amides is 1. The van der Waals surface area contributed by atoms with Crippen molar-refractivity contribution in [2.45, 2.75) is 17.6 Å². The Kier molecular flexibility index (Phi) is 6.81. The summed E-state index contributed by atoms with van der Waals surface area (Å²) in [5.74, 6) is 0.567. The number of hydrogen-bond donors (Lipinski definition) is 1. The van der Waals surface area contributed by atoms with Gasteiger partial charge in [-0.25, -0.2) is 0 Å². The van der Waals surface area contributed by atoms with Crippen LogP contribution in [0.15, 0.2) is 83.8 Å². The van der Waals surface area contributed by atoms with Crippen molar-refractivity contribution in [1.82, 2.24) is 0 Å². The van der Waals surface area contributed by atoms with Crippen LogP contribution in [0.4, 0.5) is 11.4 Å². The second kappa shape index (κ2) is 9.71. The third kappa shape index (κ3) is 6.05. The zero-order valence-corrected chi connectivity index (χ0v) is 16.7. The van der Waals surface area contributed by atoms with Gasteiger partial charge < -0.3 is 5.32 Å². The topological polar surface area (TPSA) is 72.2 Å². The highest BCUT2D eigenvalue weighted by Gasteiger charge is 2.06. The Hall–Kier alpha value is -3.38. The van der Waals surface area contributed by atoms with Crippen LogP contribution in [-0.2, 0) is 10.5 Å². The Morgan fingerprint density at radius 3 is 2.59 bits per heavy atom. The fraction of sp³-hybridized carbons (Fsp3) is 0.0870. The molecule has 0 saturated heterocycles. The first-order valence-corrected chi connectivity index (χ1v) is 10.0. The summed E-state index contributed by atoms with van der Waals surface area (Å²) in [6, 6.07) is 22.3. The molecule has 3 rings (SSSR count). The number of non-ortho nitro benzene ring substituents is 1. The fourth-order valence-corrected chi connectivity index (χ4v) is 3.59. The quantitative estimate of drug-likeness (QED) is 0.232. The molecule has 1 amide bonds. The molecule has 0 heterocycles. The third-order valence-corrected chi connectivity index (χ3v) is 5.29. The lowest BCUT2D eigenvalue weighted by Crippen LogP contribution is -2.09. The van der Waals surface area contributed by atoms with Crippen LogP contribution in [0.25, 0.3) is 6.08 Å². The van der Waals surface area contributed by atoms with E-state index in [9.17, 15) is 14.9 Å². The first kappa shape index (κ1) is 20.4. The molecule has 0 bridgehead atoms. The summed E-state index contributed by atoms with van der Waals surface area (Å²) >= 11 is 1.76. The van der Waals surface area contributed by atoms with E-state index >= 15 is 0 Å². The van der Waals surface area contributed by atoms with Gasteiger partial charge in [0.25, 0.3) is 5.69 Å². The van der Waals surface area contributed by atoms with E-state index < -0.39 is 4.92 Å². The van der Waals surface area contributed by atoms with Crippen LogP contribution in [0, 0.1) is 17.0 Å². The van der Waals surface area contributed by atoms with Crippen molar-refractivity contribution >= 4 is 35.1 Å². The van der Waals surface area contributed by atoms with Crippen molar-refractivity contribution in [1.29, 1.82) is 0 Å². The third-order valence-electron chi connectivity index (χ3n) is 4.21. The lowest BCUT2D eigenvalue weighted by molar-refractivity contribution is -0.384. The molecular formula is C23H20N2O3S. The molecule has 0 unspecified atom stereocenters. The number of carbonyl (C=O) groups is 1. The SMILES string of the molecule is Cc1cc(CSc2ccccc2)ccc1NC(=O)/C=C/c1cccc([N+](=O)[O-])c1. The number of rotatable bonds is 7. The predicted octanol–water partition coefficient (Wildman–Crippen LogP) is 5.85. The Labute approximate surface area is 173 Å². The van der Waals surface area contributed by atoms with Crippen molar-refractivity contribution in [2.24, 2.45) is 0 Å². The second-order valence-electron chi connectivity index (χ2n) is 6.43. The van der Waals surface area contributed by atoms with E-state index in [0.29, 0.717) is 5.56 Å². The first-order valence-electron chi connectivity index (χ1n) is 9.02. The van der Waals surface area contributed by atoms with Gasteiger partial charge in [-0.3, -0.25) is 14.9 Å². The Morgan fingerprint density at radius 2 is 1.86 bits per heavy atom. The average molecular weight is 404 g/mol. The number of carbonyl (C=O) groups excluding carboxylic acids is 1. The van der Waals surface area contributed by atoms with E-state index in [-0.39, 0.29) is 11.6 Å². The average Bonchev–Trinajstić information content (AvgIpc) is 2.73. The standard InChI is InChI=1S/C23H20N2O3S/c1-17-14-19(16-29-21-8-3-2-4-9-21)10-12-22(17)24-23(26)13-11-18-6-5-7-20(15-18)25(27)28/h2-15H,16H2,1H3,(H,24,26)/b13-11+. The van der Waals surface area contributed by atoms with Gasteiger partial charge in [0.2, 0.25) is 5.91 Å². The molecule has 0 aliphatic rings. The zero-order chi connectivity index (χ0) is 20.6. The molecule has 5 nitrogen and oxygen atoms in total. The maximum atomic E-state index is 12.2. The molecule has 0 radical (unpaired) electrons. The minimum absolute atomic E-state index is 0.00707. The van der Waals surface area contributed by atoms with Gasteiger partial charge in [0, 0.05) is 34.5 Å². The maximum Gasteiger partial charge on any atom is 0.270 e. The molecular weight excluding hydrogens is 384 g/mol. The number of thioether (sulfide) groups is 1. The van der Waals surface area contributed by atoms with Gasteiger partial charge in [0.05, 0.1) is 4.92 Å². The fourth-order valence-electron chi connectivity index (χ4n) is 2.73. The summed E-state index contributed by atoms with van der Waals surface area (Å²) in [6.45, 7) is 1.95. The zero-order valence-electron chi connectivity index (χ0n) is 15.9. The van der Waals surface area contributed by atoms with Crippen LogP contribution >= 0.6 is 11.8 Å². The van der Waals surface area contributed by atoms with Gasteiger partial charge in [0.15, 0.2) is 0 Å². The number of nitrogens with one attached hydrogen (secondary N) is 1. The molecule has 3 aromatic rings. The summed E-state index contributed by atoms with van der Waals surface area (Å²) in [5, 5.41) is 13.7. The summed E-state index contributed by atoms with van der Waals surface area (Å²) in [7, 11) is 0. The Bertz CT molecular complexity index is 1050. The van der Waals surface area contributed by atoms with Crippen LogP contribution in [0.1, 0.15) is 16.7 Å².